The molecule has 0 nitrogen and oxygen atoms in total. The molecule has 0 unspecified atom stereocenters. The fourth-order valence-electron chi connectivity index (χ4n) is 0.995. The van der Waals surface area contributed by atoms with E-state index in [1.54, 1.807) is 11.3 Å². The highest BCUT2D eigenvalue weighted by molar-refractivity contribution is 7.08. The summed E-state index contributed by atoms with van der Waals surface area (Å²) in [5.41, 5.74) is 2.92. The van der Waals surface area contributed by atoms with E-state index in [0.29, 0.717) is 0 Å². The predicted molar refractivity (Wildman–Crippen MR) is 47.6 cm³/mol. The third-order valence-electron chi connectivity index (χ3n) is 1.58. The van der Waals surface area contributed by atoms with Crippen LogP contribution in [0.5, 0.6) is 0 Å². The summed E-state index contributed by atoms with van der Waals surface area (Å²) in [6.45, 7) is 5.90. The summed E-state index contributed by atoms with van der Waals surface area (Å²) < 4.78 is 0. The summed E-state index contributed by atoms with van der Waals surface area (Å²) in [7, 11) is 0. The molecule has 1 aromatic heterocycles. The molecular weight excluding hydrogens is 140 g/mol. The van der Waals surface area contributed by atoms with Gasteiger partial charge in [0.2, 0.25) is 0 Å². The molecule has 0 amide bonds. The Morgan fingerprint density at radius 1 is 1.50 bits per heavy atom. The lowest BCUT2D eigenvalue weighted by molar-refractivity contribution is 1.10. The van der Waals surface area contributed by atoms with Gasteiger partial charge in [-0.1, -0.05) is 13.0 Å². The Balaban J connectivity index is 2.79. The van der Waals surface area contributed by atoms with Crippen LogP contribution in [0, 0.1) is 0 Å². The SMILES string of the molecule is C=CCc1cscc1CC. The first kappa shape index (κ1) is 7.55. The number of thiophene rings is 1. The van der Waals surface area contributed by atoms with Crippen molar-refractivity contribution in [3.05, 3.63) is 34.5 Å². The van der Waals surface area contributed by atoms with E-state index in [1.165, 1.54) is 11.1 Å². The quantitative estimate of drug-likeness (QED) is 0.584. The lowest BCUT2D eigenvalue weighted by Crippen LogP contribution is -1.83. The van der Waals surface area contributed by atoms with Gasteiger partial charge < -0.3 is 0 Å². The zero-order valence-corrected chi connectivity index (χ0v) is 7.08. The molecule has 0 spiro atoms. The highest BCUT2D eigenvalue weighted by Gasteiger charge is 1.97. The monoisotopic (exact) mass is 152 g/mol. The third kappa shape index (κ3) is 1.48. The van der Waals surface area contributed by atoms with Gasteiger partial charge in [0.15, 0.2) is 0 Å². The highest BCUT2D eigenvalue weighted by atomic mass is 32.1. The molecule has 1 aromatic rings. The van der Waals surface area contributed by atoms with Gasteiger partial charge in [-0.05, 0) is 34.7 Å². The number of aryl methyl sites for hydroxylation is 1. The lowest BCUT2D eigenvalue weighted by atomic mass is 10.1. The fourth-order valence-corrected chi connectivity index (χ4v) is 1.96. The topological polar surface area (TPSA) is 0 Å². The summed E-state index contributed by atoms with van der Waals surface area (Å²) in [5, 5.41) is 4.43. The van der Waals surface area contributed by atoms with Gasteiger partial charge in [-0.25, -0.2) is 0 Å². The van der Waals surface area contributed by atoms with Crippen LogP contribution < -0.4 is 0 Å². The lowest BCUT2D eigenvalue weighted by Gasteiger charge is -1.94. The van der Waals surface area contributed by atoms with Crippen molar-refractivity contribution < 1.29 is 0 Å². The van der Waals surface area contributed by atoms with Crippen LogP contribution in [0.1, 0.15) is 18.1 Å². The Kier molecular flexibility index (Phi) is 2.69. The van der Waals surface area contributed by atoms with Crippen molar-refractivity contribution in [3.63, 3.8) is 0 Å². The summed E-state index contributed by atoms with van der Waals surface area (Å²) in [4.78, 5) is 0. The molecule has 0 saturated heterocycles. The van der Waals surface area contributed by atoms with E-state index in [2.05, 4.69) is 24.3 Å². The minimum Gasteiger partial charge on any atom is -0.152 e. The minimum atomic E-state index is 1.02. The molecule has 0 aliphatic carbocycles. The zero-order valence-electron chi connectivity index (χ0n) is 6.26. The van der Waals surface area contributed by atoms with Crippen LogP contribution in [0.4, 0.5) is 0 Å². The maximum Gasteiger partial charge on any atom is -0.00552 e. The molecule has 54 valence electrons. The van der Waals surface area contributed by atoms with Gasteiger partial charge in [-0.3, -0.25) is 0 Å². The third-order valence-corrected chi connectivity index (χ3v) is 2.42. The molecule has 0 aliphatic rings. The van der Waals surface area contributed by atoms with E-state index in [4.69, 9.17) is 0 Å². The van der Waals surface area contributed by atoms with Crippen molar-refractivity contribution in [2.75, 3.05) is 0 Å². The molecule has 0 atom stereocenters. The van der Waals surface area contributed by atoms with E-state index in [0.717, 1.165) is 12.8 Å². The minimum absolute atomic E-state index is 1.02. The Labute approximate surface area is 66.2 Å². The average molecular weight is 152 g/mol. The summed E-state index contributed by atoms with van der Waals surface area (Å²) in [6.07, 6.45) is 4.13. The average Bonchev–Trinajstić information content (AvgIpc) is 2.36. The van der Waals surface area contributed by atoms with E-state index < -0.39 is 0 Å². The molecule has 0 fully saturated rings. The Hall–Kier alpha value is -0.560. The van der Waals surface area contributed by atoms with Crippen molar-refractivity contribution in [2.24, 2.45) is 0 Å². The van der Waals surface area contributed by atoms with Crippen molar-refractivity contribution in [2.45, 2.75) is 19.8 Å². The van der Waals surface area contributed by atoms with Crippen molar-refractivity contribution in [3.8, 4) is 0 Å². The first-order valence-corrected chi connectivity index (χ1v) is 4.47. The number of allylic oxidation sites excluding steroid dienone is 1. The van der Waals surface area contributed by atoms with Gasteiger partial charge in [0.05, 0.1) is 0 Å². The van der Waals surface area contributed by atoms with Crippen LogP contribution in [0.2, 0.25) is 0 Å². The molecule has 0 bridgehead atoms. The number of rotatable bonds is 3. The van der Waals surface area contributed by atoms with Crippen LogP contribution in [0.15, 0.2) is 23.4 Å². The van der Waals surface area contributed by atoms with E-state index in [1.807, 2.05) is 6.08 Å². The van der Waals surface area contributed by atoms with Gasteiger partial charge in [0.1, 0.15) is 0 Å². The van der Waals surface area contributed by atoms with Crippen LogP contribution >= 0.6 is 11.3 Å². The Morgan fingerprint density at radius 3 is 2.80 bits per heavy atom. The molecule has 0 aliphatic heterocycles. The first-order chi connectivity index (χ1) is 4.88. The van der Waals surface area contributed by atoms with Crippen molar-refractivity contribution in [1.29, 1.82) is 0 Å². The number of hydrogen-bond donors (Lipinski definition) is 0. The van der Waals surface area contributed by atoms with E-state index >= 15 is 0 Å². The fraction of sp³-hybridized carbons (Fsp3) is 0.333. The smallest absolute Gasteiger partial charge is 0.00552 e. The van der Waals surface area contributed by atoms with E-state index in [9.17, 15) is 0 Å². The maximum absolute atomic E-state index is 3.72. The molecule has 1 heteroatoms. The number of hydrogen-bond acceptors (Lipinski definition) is 1. The predicted octanol–water partition coefficient (Wildman–Crippen LogP) is 3.04. The summed E-state index contributed by atoms with van der Waals surface area (Å²) in [6, 6.07) is 0. The van der Waals surface area contributed by atoms with Crippen molar-refractivity contribution in [1.82, 2.24) is 0 Å². The second-order valence-corrected chi connectivity index (χ2v) is 3.01. The van der Waals surface area contributed by atoms with Crippen LogP contribution in [0.3, 0.4) is 0 Å². The zero-order chi connectivity index (χ0) is 7.40. The molecule has 0 saturated carbocycles. The van der Waals surface area contributed by atoms with Gasteiger partial charge in [0, 0.05) is 0 Å². The first-order valence-electron chi connectivity index (χ1n) is 3.53. The second-order valence-electron chi connectivity index (χ2n) is 2.27. The molecular formula is C9H12S. The van der Waals surface area contributed by atoms with Crippen LogP contribution in [0.25, 0.3) is 0 Å². The standard InChI is InChI=1S/C9H12S/c1-3-5-9-7-10-6-8(9)4-2/h3,6-7H,1,4-5H2,2H3. The summed E-state index contributed by atoms with van der Waals surface area (Å²) >= 11 is 1.78. The van der Waals surface area contributed by atoms with Crippen molar-refractivity contribution >= 4 is 11.3 Å². The van der Waals surface area contributed by atoms with Crippen LogP contribution in [-0.2, 0) is 12.8 Å². The molecule has 0 radical (unpaired) electrons. The second kappa shape index (κ2) is 3.57. The van der Waals surface area contributed by atoms with Gasteiger partial charge in [-0.2, -0.15) is 11.3 Å². The van der Waals surface area contributed by atoms with E-state index in [-0.39, 0.29) is 0 Å². The van der Waals surface area contributed by atoms with Crippen LogP contribution in [-0.4, -0.2) is 0 Å². The molecule has 0 aromatic carbocycles. The van der Waals surface area contributed by atoms with Gasteiger partial charge >= 0.3 is 0 Å². The van der Waals surface area contributed by atoms with Gasteiger partial charge in [-0.15, -0.1) is 6.58 Å². The maximum atomic E-state index is 3.72. The Bertz CT molecular complexity index is 210. The molecule has 1 heterocycles. The largest absolute Gasteiger partial charge is 0.152 e. The highest BCUT2D eigenvalue weighted by Crippen LogP contribution is 2.15. The Morgan fingerprint density at radius 2 is 2.20 bits per heavy atom. The normalized spacial score (nSPS) is 9.70. The summed E-state index contributed by atoms with van der Waals surface area (Å²) in [5.74, 6) is 0. The molecule has 0 N–H and O–H groups in total. The molecule has 10 heavy (non-hydrogen) atoms. The van der Waals surface area contributed by atoms with Gasteiger partial charge in [0.25, 0.3) is 0 Å². The molecule has 1 rings (SSSR count).